The minimum Gasteiger partial charge on any atom is -0.394 e. The first-order chi connectivity index (χ1) is 20.6. The first kappa shape index (κ1) is 28.9. The van der Waals surface area contributed by atoms with E-state index in [1.54, 1.807) is 17.8 Å². The normalized spacial score (nSPS) is 23.1. The summed E-state index contributed by atoms with van der Waals surface area (Å²) in [7, 11) is 0. The molecule has 2 aromatic carbocycles. The van der Waals surface area contributed by atoms with Gasteiger partial charge in [0.1, 0.15) is 18.5 Å². The lowest BCUT2D eigenvalue weighted by Gasteiger charge is -2.31. The Morgan fingerprint density at radius 2 is 2.02 bits per heavy atom. The summed E-state index contributed by atoms with van der Waals surface area (Å²) in [5.41, 5.74) is 3.08. The van der Waals surface area contributed by atoms with Crippen molar-refractivity contribution in [1.29, 1.82) is 0 Å². The molecule has 0 saturated carbocycles. The van der Waals surface area contributed by atoms with Crippen molar-refractivity contribution in [2.45, 2.75) is 60.8 Å². The van der Waals surface area contributed by atoms with Crippen LogP contribution < -0.4 is 5.32 Å². The van der Waals surface area contributed by atoms with Gasteiger partial charge in [-0.1, -0.05) is 42.8 Å². The molecule has 2 fully saturated rings. The molecule has 9 nitrogen and oxygen atoms in total. The first-order valence-corrected chi connectivity index (χ1v) is 15.7. The molecule has 2 aromatic rings. The number of nitrogens with one attached hydrogen (secondary N) is 1. The Morgan fingerprint density at radius 3 is 2.93 bits per heavy atom. The number of aliphatic hydroxyl groups excluding tert-OH is 1. The number of carbonyl (C=O) groups excluding carboxylic acids is 2. The summed E-state index contributed by atoms with van der Waals surface area (Å²) >= 11 is 1.71. The van der Waals surface area contributed by atoms with Crippen molar-refractivity contribution in [3.63, 3.8) is 0 Å². The average Bonchev–Trinajstić information content (AvgIpc) is 3.79. The van der Waals surface area contributed by atoms with Gasteiger partial charge in [0.05, 0.1) is 18.9 Å². The monoisotopic (exact) mass is 590 g/mol. The predicted octanol–water partition coefficient (Wildman–Crippen LogP) is 3.86. The van der Waals surface area contributed by atoms with Crippen LogP contribution in [0.1, 0.15) is 43.2 Å². The molecule has 4 aliphatic rings. The molecular weight excluding hydrogens is 552 g/mol. The zero-order valence-corrected chi connectivity index (χ0v) is 24.6. The van der Waals surface area contributed by atoms with Gasteiger partial charge in [-0.25, -0.2) is 4.99 Å². The SMILES string of the molecule is O=C(CN1C(=O)C=CC2OC21)NCc1ccc2c(c1)Sc1ccccc1N=C2N1CCCCC(CCOCCO)CC1. The largest absolute Gasteiger partial charge is 0.394 e. The highest BCUT2D eigenvalue weighted by Gasteiger charge is 2.47. The van der Waals surface area contributed by atoms with Crippen LogP contribution in [-0.4, -0.2) is 84.3 Å². The highest BCUT2D eigenvalue weighted by Crippen LogP contribution is 2.41. The molecular formula is C32H38N4O5S. The molecule has 2 N–H and O–H groups in total. The lowest BCUT2D eigenvalue weighted by atomic mass is 9.93. The van der Waals surface area contributed by atoms with Crippen molar-refractivity contribution >= 4 is 35.1 Å². The van der Waals surface area contributed by atoms with Crippen molar-refractivity contribution in [1.82, 2.24) is 15.1 Å². The second kappa shape index (κ2) is 13.4. The van der Waals surface area contributed by atoms with E-state index in [4.69, 9.17) is 19.6 Å². The van der Waals surface area contributed by atoms with Gasteiger partial charge in [0.15, 0.2) is 6.23 Å². The Morgan fingerprint density at radius 1 is 1.12 bits per heavy atom. The summed E-state index contributed by atoms with van der Waals surface area (Å²) in [6.07, 6.45) is 8.42. The summed E-state index contributed by atoms with van der Waals surface area (Å²) in [6, 6.07) is 14.6. The number of hydrogen-bond donors (Lipinski definition) is 2. The molecule has 6 rings (SSSR count). The Balaban J connectivity index is 1.16. The number of nitrogens with zero attached hydrogens (tertiary/aromatic N) is 3. The molecule has 222 valence electrons. The van der Waals surface area contributed by atoms with Crippen LogP contribution in [0.25, 0.3) is 0 Å². The fourth-order valence-corrected chi connectivity index (χ4v) is 6.93. The molecule has 4 aliphatic heterocycles. The molecule has 0 aliphatic carbocycles. The second-order valence-corrected chi connectivity index (χ2v) is 12.3. The fraction of sp³-hybridized carbons (Fsp3) is 0.469. The van der Waals surface area contributed by atoms with Crippen LogP contribution in [0, 0.1) is 5.92 Å². The van der Waals surface area contributed by atoms with Crippen molar-refractivity contribution in [3.8, 4) is 0 Å². The second-order valence-electron chi connectivity index (χ2n) is 11.2. The van der Waals surface area contributed by atoms with E-state index in [1.807, 2.05) is 12.1 Å². The summed E-state index contributed by atoms with van der Waals surface area (Å²) in [5.74, 6) is 1.20. The van der Waals surface area contributed by atoms with E-state index >= 15 is 0 Å². The van der Waals surface area contributed by atoms with Gasteiger partial charge in [0.25, 0.3) is 0 Å². The van der Waals surface area contributed by atoms with Crippen molar-refractivity contribution < 1.29 is 24.2 Å². The minimum atomic E-state index is -0.312. The van der Waals surface area contributed by atoms with Crippen LogP contribution in [0.3, 0.4) is 0 Å². The van der Waals surface area contributed by atoms with Crippen LogP contribution in [0.4, 0.5) is 5.69 Å². The minimum absolute atomic E-state index is 0.0161. The van der Waals surface area contributed by atoms with Crippen molar-refractivity contribution in [2.24, 2.45) is 10.9 Å². The quantitative estimate of drug-likeness (QED) is 0.338. The van der Waals surface area contributed by atoms with Gasteiger partial charge in [-0.15, -0.1) is 0 Å². The average molecular weight is 591 g/mol. The fourth-order valence-electron chi connectivity index (χ4n) is 5.85. The van der Waals surface area contributed by atoms with E-state index in [0.29, 0.717) is 25.7 Å². The van der Waals surface area contributed by atoms with Gasteiger partial charge in [-0.05, 0) is 61.1 Å². The van der Waals surface area contributed by atoms with Crippen molar-refractivity contribution in [2.75, 3.05) is 39.5 Å². The highest BCUT2D eigenvalue weighted by atomic mass is 32.2. The number of epoxide rings is 1. The molecule has 4 heterocycles. The van der Waals surface area contributed by atoms with Crippen LogP contribution >= 0.6 is 11.8 Å². The molecule has 0 aromatic heterocycles. The molecule has 3 atom stereocenters. The Hall–Kier alpha value is -3.18. The summed E-state index contributed by atoms with van der Waals surface area (Å²) < 4.78 is 11.0. The number of aliphatic hydroxyl groups is 1. The Labute approximate surface area is 251 Å². The van der Waals surface area contributed by atoms with E-state index in [-0.39, 0.29) is 37.3 Å². The summed E-state index contributed by atoms with van der Waals surface area (Å²) in [5, 5.41) is 12.0. The maximum Gasteiger partial charge on any atom is 0.248 e. The summed E-state index contributed by atoms with van der Waals surface area (Å²) in [6.45, 7) is 3.42. The van der Waals surface area contributed by atoms with E-state index in [1.165, 1.54) is 23.8 Å². The smallest absolute Gasteiger partial charge is 0.248 e. The number of hydrogen-bond acceptors (Lipinski definition) is 8. The molecule has 3 unspecified atom stereocenters. The number of likely N-dealkylation sites (tertiary alicyclic amines) is 1. The highest BCUT2D eigenvalue weighted by molar-refractivity contribution is 7.99. The third kappa shape index (κ3) is 6.89. The predicted molar refractivity (Wildman–Crippen MR) is 161 cm³/mol. The molecule has 2 amide bonds. The van der Waals surface area contributed by atoms with E-state index in [9.17, 15) is 9.59 Å². The molecule has 2 saturated heterocycles. The number of carbonyl (C=O) groups is 2. The van der Waals surface area contributed by atoms with Gasteiger partial charge in [-0.3, -0.25) is 9.59 Å². The van der Waals surface area contributed by atoms with Gasteiger partial charge in [0, 0.05) is 47.7 Å². The number of aliphatic imine (C=N–C) groups is 1. The maximum absolute atomic E-state index is 12.7. The van der Waals surface area contributed by atoms with Gasteiger partial charge < -0.3 is 29.7 Å². The van der Waals surface area contributed by atoms with E-state index < -0.39 is 0 Å². The zero-order chi connectivity index (χ0) is 28.9. The molecule has 42 heavy (non-hydrogen) atoms. The first-order valence-electron chi connectivity index (χ1n) is 14.9. The number of para-hydroxylation sites is 1. The van der Waals surface area contributed by atoms with Crippen LogP contribution in [-0.2, 0) is 25.6 Å². The Kier molecular flexibility index (Phi) is 9.24. The lowest BCUT2D eigenvalue weighted by Crippen LogP contribution is -2.43. The van der Waals surface area contributed by atoms with Gasteiger partial charge in [-0.2, -0.15) is 0 Å². The number of rotatable bonds is 9. The zero-order valence-electron chi connectivity index (χ0n) is 23.7. The third-order valence-electron chi connectivity index (χ3n) is 8.23. The number of fused-ring (bicyclic) bond motifs is 3. The van der Waals surface area contributed by atoms with Crippen molar-refractivity contribution in [3.05, 3.63) is 65.7 Å². The van der Waals surface area contributed by atoms with Gasteiger partial charge >= 0.3 is 0 Å². The molecule has 0 spiro atoms. The van der Waals surface area contributed by atoms with E-state index in [2.05, 4.69) is 40.5 Å². The number of amides is 2. The van der Waals surface area contributed by atoms with Crippen LogP contribution in [0.15, 0.2) is 69.4 Å². The molecule has 0 radical (unpaired) electrons. The number of benzene rings is 2. The topological polar surface area (TPSA) is 107 Å². The van der Waals surface area contributed by atoms with Crippen LogP contribution in [0.2, 0.25) is 0 Å². The maximum atomic E-state index is 12.7. The standard InChI is InChI=1S/C32H38N4O5S/c37-16-18-40-17-13-22-5-3-4-14-35(15-12-22)31-24-9-8-23(19-28(24)42-27-7-2-1-6-25(27)34-31)20-33-29(38)21-36-30(39)11-10-26-32(36)41-26/h1-2,6-11,19,22,26,32,37H,3-5,12-18,20-21H2,(H,33,38). The van der Waals surface area contributed by atoms with Gasteiger partial charge in [0.2, 0.25) is 11.8 Å². The summed E-state index contributed by atoms with van der Waals surface area (Å²) in [4.78, 5) is 36.2. The Bertz CT molecular complexity index is 1360. The molecule has 10 heteroatoms. The van der Waals surface area contributed by atoms with Crippen LogP contribution in [0.5, 0.6) is 0 Å². The third-order valence-corrected chi connectivity index (χ3v) is 9.35. The number of amidine groups is 1. The lowest BCUT2D eigenvalue weighted by molar-refractivity contribution is -0.134. The van der Waals surface area contributed by atoms with E-state index in [0.717, 1.165) is 64.8 Å². The number of ether oxygens (including phenoxy) is 2. The molecule has 0 bridgehead atoms.